The number of para-hydroxylation sites is 1. The third kappa shape index (κ3) is 2.60. The van der Waals surface area contributed by atoms with Crippen LogP contribution in [-0.4, -0.2) is 18.2 Å². The minimum absolute atomic E-state index is 0.0948. The van der Waals surface area contributed by atoms with Crippen LogP contribution in [0.5, 0.6) is 5.75 Å². The molecule has 0 aromatic heterocycles. The van der Waals surface area contributed by atoms with E-state index in [1.165, 1.54) is 6.42 Å². The molecule has 0 amide bonds. The molecule has 1 saturated carbocycles. The number of carboxylic acids is 1. The standard InChI is InChI=1S/C14H18O3/c1-17-13-8-3-2-7-11(13)12(9-14(15)16)10-5-4-6-10/h2-3,7-8,10,12H,4-6,9H2,1H3,(H,15,16). The van der Waals surface area contributed by atoms with Crippen LogP contribution in [0, 0.1) is 5.92 Å². The molecule has 3 heteroatoms. The van der Waals surface area contributed by atoms with E-state index in [1.807, 2.05) is 24.3 Å². The topological polar surface area (TPSA) is 46.5 Å². The van der Waals surface area contributed by atoms with Crippen LogP contribution in [0.3, 0.4) is 0 Å². The first-order chi connectivity index (χ1) is 8.22. The average Bonchev–Trinajstić information content (AvgIpc) is 2.25. The lowest BCUT2D eigenvalue weighted by Gasteiger charge is -2.34. The molecule has 1 aliphatic carbocycles. The van der Waals surface area contributed by atoms with Crippen molar-refractivity contribution in [1.29, 1.82) is 0 Å². The molecule has 0 heterocycles. The number of ether oxygens (including phenoxy) is 1. The number of rotatable bonds is 5. The molecule has 0 saturated heterocycles. The van der Waals surface area contributed by atoms with Gasteiger partial charge in [-0.15, -0.1) is 0 Å². The summed E-state index contributed by atoms with van der Waals surface area (Å²) in [5.41, 5.74) is 1.04. The average molecular weight is 234 g/mol. The zero-order valence-corrected chi connectivity index (χ0v) is 10.1. The highest BCUT2D eigenvalue weighted by molar-refractivity contribution is 5.68. The van der Waals surface area contributed by atoms with Crippen LogP contribution < -0.4 is 4.74 Å². The summed E-state index contributed by atoms with van der Waals surface area (Å²) in [7, 11) is 1.64. The van der Waals surface area contributed by atoms with E-state index in [2.05, 4.69) is 0 Å². The second-order valence-electron chi connectivity index (χ2n) is 4.64. The molecule has 92 valence electrons. The van der Waals surface area contributed by atoms with Gasteiger partial charge in [0.2, 0.25) is 0 Å². The van der Waals surface area contributed by atoms with Gasteiger partial charge in [0.1, 0.15) is 5.75 Å². The van der Waals surface area contributed by atoms with Crippen LogP contribution >= 0.6 is 0 Å². The Kier molecular flexibility index (Phi) is 3.67. The quantitative estimate of drug-likeness (QED) is 0.851. The highest BCUT2D eigenvalue weighted by Crippen LogP contribution is 2.43. The summed E-state index contributed by atoms with van der Waals surface area (Å²) in [5.74, 6) is 0.679. The molecular formula is C14H18O3. The van der Waals surface area contributed by atoms with Crippen LogP contribution in [0.2, 0.25) is 0 Å². The highest BCUT2D eigenvalue weighted by Gasteiger charge is 2.31. The zero-order valence-electron chi connectivity index (χ0n) is 10.1. The maximum Gasteiger partial charge on any atom is 0.303 e. The summed E-state index contributed by atoms with van der Waals surface area (Å²) in [6, 6.07) is 7.76. The Morgan fingerprint density at radius 1 is 1.47 bits per heavy atom. The molecule has 1 fully saturated rings. The van der Waals surface area contributed by atoms with Crippen molar-refractivity contribution in [3.8, 4) is 5.75 Å². The van der Waals surface area contributed by atoms with Gasteiger partial charge in [-0.3, -0.25) is 4.79 Å². The van der Waals surface area contributed by atoms with E-state index in [0.717, 1.165) is 24.2 Å². The van der Waals surface area contributed by atoms with Crippen LogP contribution in [-0.2, 0) is 4.79 Å². The molecule has 1 atom stereocenters. The van der Waals surface area contributed by atoms with E-state index in [4.69, 9.17) is 9.84 Å². The molecule has 1 aromatic carbocycles. The van der Waals surface area contributed by atoms with Crippen molar-refractivity contribution < 1.29 is 14.6 Å². The fourth-order valence-corrected chi connectivity index (χ4v) is 2.53. The normalized spacial score (nSPS) is 17.2. The Labute approximate surface area is 101 Å². The van der Waals surface area contributed by atoms with Gasteiger partial charge in [0.05, 0.1) is 13.5 Å². The smallest absolute Gasteiger partial charge is 0.303 e. The van der Waals surface area contributed by atoms with Crippen LogP contribution in [0.1, 0.15) is 37.2 Å². The summed E-state index contributed by atoms with van der Waals surface area (Å²) in [4.78, 5) is 11.0. The third-order valence-electron chi connectivity index (χ3n) is 3.65. The number of benzene rings is 1. The maximum atomic E-state index is 11.0. The zero-order chi connectivity index (χ0) is 12.3. The third-order valence-corrected chi connectivity index (χ3v) is 3.65. The van der Waals surface area contributed by atoms with Crippen molar-refractivity contribution in [3.63, 3.8) is 0 Å². The monoisotopic (exact) mass is 234 g/mol. The molecule has 0 spiro atoms. The van der Waals surface area contributed by atoms with Crippen molar-refractivity contribution in [3.05, 3.63) is 29.8 Å². The van der Waals surface area contributed by atoms with Gasteiger partial charge < -0.3 is 9.84 Å². The van der Waals surface area contributed by atoms with Crippen molar-refractivity contribution in [2.45, 2.75) is 31.6 Å². The highest BCUT2D eigenvalue weighted by atomic mass is 16.5. The minimum Gasteiger partial charge on any atom is -0.496 e. The Bertz CT molecular complexity index is 396. The molecule has 17 heavy (non-hydrogen) atoms. The second kappa shape index (κ2) is 5.21. The molecule has 0 aliphatic heterocycles. The first-order valence-electron chi connectivity index (χ1n) is 6.07. The van der Waals surface area contributed by atoms with Crippen LogP contribution in [0.15, 0.2) is 24.3 Å². The van der Waals surface area contributed by atoms with E-state index >= 15 is 0 Å². The Balaban J connectivity index is 2.26. The Hall–Kier alpha value is -1.51. The van der Waals surface area contributed by atoms with E-state index in [0.29, 0.717) is 5.92 Å². The van der Waals surface area contributed by atoms with Crippen molar-refractivity contribution in [1.82, 2.24) is 0 Å². The number of carbonyl (C=O) groups is 1. The molecule has 1 unspecified atom stereocenters. The molecule has 0 radical (unpaired) electrons. The molecule has 1 aliphatic rings. The predicted octanol–water partition coefficient (Wildman–Crippen LogP) is 3.05. The summed E-state index contributed by atoms with van der Waals surface area (Å²) in [6.07, 6.45) is 3.69. The van der Waals surface area contributed by atoms with E-state index in [9.17, 15) is 4.79 Å². The van der Waals surface area contributed by atoms with Gasteiger partial charge in [0, 0.05) is 5.92 Å². The Morgan fingerprint density at radius 2 is 2.18 bits per heavy atom. The lowest BCUT2D eigenvalue weighted by molar-refractivity contribution is -0.138. The van der Waals surface area contributed by atoms with E-state index < -0.39 is 5.97 Å². The van der Waals surface area contributed by atoms with Gasteiger partial charge in [-0.2, -0.15) is 0 Å². The molecule has 1 N–H and O–H groups in total. The SMILES string of the molecule is COc1ccccc1C(CC(=O)O)C1CCC1. The lowest BCUT2D eigenvalue weighted by atomic mass is 9.71. The number of carboxylic acid groups (broad SMARTS) is 1. The fraction of sp³-hybridized carbons (Fsp3) is 0.500. The van der Waals surface area contributed by atoms with E-state index in [1.54, 1.807) is 7.11 Å². The molecule has 2 rings (SSSR count). The van der Waals surface area contributed by atoms with E-state index in [-0.39, 0.29) is 12.3 Å². The predicted molar refractivity (Wildman–Crippen MR) is 65.3 cm³/mol. The van der Waals surface area contributed by atoms with Crippen molar-refractivity contribution in [2.75, 3.05) is 7.11 Å². The minimum atomic E-state index is -0.729. The molecular weight excluding hydrogens is 216 g/mol. The van der Waals surface area contributed by atoms with Gasteiger partial charge in [0.15, 0.2) is 0 Å². The van der Waals surface area contributed by atoms with Gasteiger partial charge in [-0.25, -0.2) is 0 Å². The van der Waals surface area contributed by atoms with Gasteiger partial charge in [0.25, 0.3) is 0 Å². The number of hydrogen-bond acceptors (Lipinski definition) is 2. The number of hydrogen-bond donors (Lipinski definition) is 1. The first-order valence-corrected chi connectivity index (χ1v) is 6.07. The summed E-state index contributed by atoms with van der Waals surface area (Å²) in [5, 5.41) is 9.04. The van der Waals surface area contributed by atoms with Crippen molar-refractivity contribution >= 4 is 5.97 Å². The first kappa shape index (κ1) is 12.0. The van der Waals surface area contributed by atoms with Crippen LogP contribution in [0.4, 0.5) is 0 Å². The van der Waals surface area contributed by atoms with Crippen LogP contribution in [0.25, 0.3) is 0 Å². The molecule has 1 aromatic rings. The fourth-order valence-electron chi connectivity index (χ4n) is 2.53. The van der Waals surface area contributed by atoms with Crippen molar-refractivity contribution in [2.24, 2.45) is 5.92 Å². The molecule has 0 bridgehead atoms. The molecule has 3 nitrogen and oxygen atoms in total. The summed E-state index contributed by atoms with van der Waals surface area (Å²) >= 11 is 0. The summed E-state index contributed by atoms with van der Waals surface area (Å²) in [6.45, 7) is 0. The largest absolute Gasteiger partial charge is 0.496 e. The number of methoxy groups -OCH3 is 1. The maximum absolute atomic E-state index is 11.0. The second-order valence-corrected chi connectivity index (χ2v) is 4.64. The van der Waals surface area contributed by atoms with Gasteiger partial charge in [-0.1, -0.05) is 24.6 Å². The van der Waals surface area contributed by atoms with Gasteiger partial charge >= 0.3 is 5.97 Å². The Morgan fingerprint density at radius 3 is 2.71 bits per heavy atom. The lowest BCUT2D eigenvalue weighted by Crippen LogP contribution is -2.23. The number of aliphatic carboxylic acids is 1. The van der Waals surface area contributed by atoms with Gasteiger partial charge in [-0.05, 0) is 30.4 Å². The summed E-state index contributed by atoms with van der Waals surface area (Å²) < 4.78 is 5.33.